The van der Waals surface area contributed by atoms with Crippen molar-refractivity contribution in [3.8, 4) is 0 Å². The van der Waals surface area contributed by atoms with E-state index in [9.17, 15) is 13.2 Å². The number of nitrogens with zero attached hydrogens (tertiary/aromatic N) is 1. The molecule has 2 heterocycles. The van der Waals surface area contributed by atoms with E-state index in [0.29, 0.717) is 19.4 Å². The van der Waals surface area contributed by atoms with E-state index in [-0.39, 0.29) is 17.3 Å². The summed E-state index contributed by atoms with van der Waals surface area (Å²) in [6.45, 7) is 8.54. The predicted molar refractivity (Wildman–Crippen MR) is 104 cm³/mol. The van der Waals surface area contributed by atoms with Crippen LogP contribution in [0.15, 0.2) is 39.6 Å². The summed E-state index contributed by atoms with van der Waals surface area (Å²) in [4.78, 5) is 14.3. The molecule has 1 aliphatic rings. The smallest absolute Gasteiger partial charge is 0.240 e. The number of hydrogen-bond donors (Lipinski definition) is 1. The van der Waals surface area contributed by atoms with Gasteiger partial charge in [-0.05, 0) is 49.7 Å². The number of rotatable bonds is 6. The molecule has 3 rings (SSSR count). The van der Waals surface area contributed by atoms with Crippen LogP contribution in [0.2, 0.25) is 0 Å². The molecule has 0 aliphatic carbocycles. The van der Waals surface area contributed by atoms with Crippen LogP contribution < -0.4 is 9.62 Å². The molecular formula is C20H26N2O4S. The van der Waals surface area contributed by atoms with E-state index < -0.39 is 15.4 Å². The van der Waals surface area contributed by atoms with Crippen molar-refractivity contribution in [2.45, 2.75) is 50.8 Å². The first-order valence-corrected chi connectivity index (χ1v) is 10.6. The third-order valence-electron chi connectivity index (χ3n) is 4.97. The topological polar surface area (TPSA) is 79.6 Å². The lowest BCUT2D eigenvalue weighted by atomic mass is 9.77. The highest BCUT2D eigenvalue weighted by atomic mass is 32.2. The summed E-state index contributed by atoms with van der Waals surface area (Å²) in [6, 6.07) is 8.71. The highest BCUT2D eigenvalue weighted by Crippen LogP contribution is 2.41. The molecule has 1 aliphatic heterocycles. The third kappa shape index (κ3) is 3.94. The van der Waals surface area contributed by atoms with Crippen molar-refractivity contribution in [1.82, 2.24) is 4.72 Å². The lowest BCUT2D eigenvalue weighted by molar-refractivity contribution is -0.120. The van der Waals surface area contributed by atoms with Crippen LogP contribution in [0.3, 0.4) is 0 Å². The Labute approximate surface area is 160 Å². The van der Waals surface area contributed by atoms with Crippen molar-refractivity contribution >= 4 is 21.6 Å². The van der Waals surface area contributed by atoms with E-state index in [0.717, 1.165) is 22.8 Å². The summed E-state index contributed by atoms with van der Waals surface area (Å²) in [5, 5.41) is 0. The molecule has 1 amide bonds. The Balaban J connectivity index is 1.83. The minimum atomic E-state index is -3.64. The average molecular weight is 391 g/mol. The number of carbonyl (C=O) groups is 1. The largest absolute Gasteiger partial charge is 0.466 e. The Kier molecular flexibility index (Phi) is 5.18. The fraction of sp³-hybridized carbons (Fsp3) is 0.450. The Morgan fingerprint density at radius 1 is 1.22 bits per heavy atom. The second-order valence-electron chi connectivity index (χ2n) is 7.54. The molecule has 0 saturated heterocycles. The summed E-state index contributed by atoms with van der Waals surface area (Å²) in [7, 11) is -3.64. The van der Waals surface area contributed by atoms with Crippen molar-refractivity contribution in [3.63, 3.8) is 0 Å². The number of hydrogen-bond acceptors (Lipinski definition) is 4. The second kappa shape index (κ2) is 7.13. The van der Waals surface area contributed by atoms with Gasteiger partial charge in [-0.25, -0.2) is 13.1 Å². The first kappa shape index (κ1) is 19.6. The third-order valence-corrected chi connectivity index (χ3v) is 6.43. The number of sulfonamides is 1. The molecule has 0 saturated carbocycles. The standard InChI is InChI=1S/C20H26N2O4S/c1-5-22-18-9-8-16(12-17(18)20(3,4)13-19(22)23)27(24,25)21-11-10-15-7-6-14(2)26-15/h6-9,12,21H,5,10-11,13H2,1-4H3. The molecule has 146 valence electrons. The van der Waals surface area contributed by atoms with Gasteiger partial charge in [-0.3, -0.25) is 4.79 Å². The van der Waals surface area contributed by atoms with Crippen LogP contribution >= 0.6 is 0 Å². The molecule has 0 radical (unpaired) electrons. The quantitative estimate of drug-likeness (QED) is 0.822. The highest BCUT2D eigenvalue weighted by Gasteiger charge is 2.36. The molecule has 0 atom stereocenters. The first-order valence-electron chi connectivity index (χ1n) is 9.14. The molecule has 1 N–H and O–H groups in total. The zero-order valence-corrected chi connectivity index (χ0v) is 17.0. The molecule has 0 unspecified atom stereocenters. The molecule has 2 aromatic rings. The monoisotopic (exact) mass is 390 g/mol. The molecule has 1 aromatic carbocycles. The summed E-state index contributed by atoms with van der Waals surface area (Å²) in [6.07, 6.45) is 0.851. The number of fused-ring (bicyclic) bond motifs is 1. The van der Waals surface area contributed by atoms with Gasteiger partial charge in [0.2, 0.25) is 15.9 Å². The number of amides is 1. The van der Waals surface area contributed by atoms with Gasteiger partial charge in [-0.1, -0.05) is 13.8 Å². The Hall–Kier alpha value is -2.12. The van der Waals surface area contributed by atoms with Crippen LogP contribution in [0, 0.1) is 6.92 Å². The van der Waals surface area contributed by atoms with Crippen LogP contribution in [-0.4, -0.2) is 27.4 Å². The van der Waals surface area contributed by atoms with E-state index in [1.165, 1.54) is 0 Å². The van der Waals surface area contributed by atoms with Crippen molar-refractivity contribution in [2.75, 3.05) is 18.0 Å². The van der Waals surface area contributed by atoms with Crippen LogP contribution in [0.25, 0.3) is 0 Å². The molecular weight excluding hydrogens is 364 g/mol. The number of benzene rings is 1. The highest BCUT2D eigenvalue weighted by molar-refractivity contribution is 7.89. The first-order chi connectivity index (χ1) is 12.6. The fourth-order valence-electron chi connectivity index (χ4n) is 3.52. The van der Waals surface area contributed by atoms with Crippen LogP contribution in [0.4, 0.5) is 5.69 Å². The number of nitrogens with one attached hydrogen (secondary N) is 1. The molecule has 6 nitrogen and oxygen atoms in total. The number of anilines is 1. The maximum absolute atomic E-state index is 12.7. The van der Waals surface area contributed by atoms with E-state index in [1.54, 1.807) is 23.1 Å². The normalized spacial score (nSPS) is 16.4. The maximum atomic E-state index is 12.7. The lowest BCUT2D eigenvalue weighted by Gasteiger charge is -2.38. The molecule has 7 heteroatoms. The van der Waals surface area contributed by atoms with Crippen molar-refractivity contribution < 1.29 is 17.6 Å². The van der Waals surface area contributed by atoms with Crippen molar-refractivity contribution in [2.24, 2.45) is 0 Å². The molecule has 0 bridgehead atoms. The summed E-state index contributed by atoms with van der Waals surface area (Å²) in [5.41, 5.74) is 1.27. The van der Waals surface area contributed by atoms with Crippen LogP contribution in [0.1, 0.15) is 44.3 Å². The summed E-state index contributed by atoms with van der Waals surface area (Å²) >= 11 is 0. The van der Waals surface area contributed by atoms with Gasteiger partial charge < -0.3 is 9.32 Å². The van der Waals surface area contributed by atoms with Gasteiger partial charge in [0.1, 0.15) is 11.5 Å². The Morgan fingerprint density at radius 2 is 1.96 bits per heavy atom. The van der Waals surface area contributed by atoms with Crippen molar-refractivity contribution in [1.29, 1.82) is 0 Å². The minimum Gasteiger partial charge on any atom is -0.466 e. The zero-order valence-electron chi connectivity index (χ0n) is 16.2. The molecule has 0 fully saturated rings. The van der Waals surface area contributed by atoms with Gasteiger partial charge in [0.05, 0.1) is 4.90 Å². The van der Waals surface area contributed by atoms with Crippen LogP contribution in [0.5, 0.6) is 0 Å². The van der Waals surface area contributed by atoms with E-state index in [4.69, 9.17) is 4.42 Å². The lowest BCUT2D eigenvalue weighted by Crippen LogP contribution is -2.42. The molecule has 1 aromatic heterocycles. The van der Waals surface area contributed by atoms with Crippen molar-refractivity contribution in [3.05, 3.63) is 47.4 Å². The van der Waals surface area contributed by atoms with Gasteiger partial charge in [0.15, 0.2) is 0 Å². The number of furan rings is 1. The van der Waals surface area contributed by atoms with E-state index in [1.807, 2.05) is 39.8 Å². The van der Waals surface area contributed by atoms with Gasteiger partial charge in [-0.2, -0.15) is 0 Å². The minimum absolute atomic E-state index is 0.0671. The summed E-state index contributed by atoms with van der Waals surface area (Å²) < 4.78 is 33.5. The molecule has 27 heavy (non-hydrogen) atoms. The SMILES string of the molecule is CCN1C(=O)CC(C)(C)c2cc(S(=O)(=O)NCCc3ccc(C)o3)ccc21. The van der Waals surface area contributed by atoms with Gasteiger partial charge in [0.25, 0.3) is 0 Å². The number of aryl methyl sites for hydroxylation is 1. The Bertz CT molecular complexity index is 960. The van der Waals surface area contributed by atoms with Crippen LogP contribution in [-0.2, 0) is 26.7 Å². The number of carbonyl (C=O) groups excluding carboxylic acids is 1. The fourth-order valence-corrected chi connectivity index (χ4v) is 4.58. The summed E-state index contributed by atoms with van der Waals surface area (Å²) in [5.74, 6) is 1.62. The maximum Gasteiger partial charge on any atom is 0.240 e. The Morgan fingerprint density at radius 3 is 2.59 bits per heavy atom. The van der Waals surface area contributed by atoms with Gasteiger partial charge in [0, 0.05) is 37.0 Å². The van der Waals surface area contributed by atoms with E-state index in [2.05, 4.69) is 4.72 Å². The molecule has 0 spiro atoms. The van der Waals surface area contributed by atoms with E-state index >= 15 is 0 Å². The zero-order chi connectivity index (χ0) is 19.8. The second-order valence-corrected chi connectivity index (χ2v) is 9.30. The van der Waals surface area contributed by atoms with Gasteiger partial charge >= 0.3 is 0 Å². The predicted octanol–water partition coefficient (Wildman–Crippen LogP) is 3.14. The average Bonchev–Trinajstić information content (AvgIpc) is 2.99. The van der Waals surface area contributed by atoms with Gasteiger partial charge in [-0.15, -0.1) is 0 Å².